The molecule has 0 saturated carbocycles. The van der Waals surface area contributed by atoms with Crippen LogP contribution in [0.25, 0.3) is 0 Å². The van der Waals surface area contributed by atoms with Crippen LogP contribution in [0.4, 0.5) is 5.69 Å². The SMILES string of the molecule is C/C=C/C(=O)N1CC2(CC(c3cccc(NC(=O)CC(c4ccccc4)c4ccccc4)c3)=NO2)C[C@H]1C(N)=O. The van der Waals surface area contributed by atoms with Crippen molar-refractivity contribution in [1.82, 2.24) is 4.90 Å². The smallest absolute Gasteiger partial charge is 0.247 e. The van der Waals surface area contributed by atoms with Crippen LogP contribution < -0.4 is 11.1 Å². The summed E-state index contributed by atoms with van der Waals surface area (Å²) in [7, 11) is 0. The number of benzene rings is 3. The van der Waals surface area contributed by atoms with E-state index in [9.17, 15) is 14.4 Å². The third-order valence-electron chi connectivity index (χ3n) is 7.43. The second-order valence-electron chi connectivity index (χ2n) is 10.3. The number of hydrogen-bond acceptors (Lipinski definition) is 5. The van der Waals surface area contributed by atoms with Gasteiger partial charge in [0.05, 0.1) is 12.3 Å². The molecule has 3 aromatic carbocycles. The number of primary amides is 1. The molecular weight excluding hydrogens is 504 g/mol. The number of likely N-dealkylation sites (tertiary alicyclic amines) is 1. The minimum Gasteiger partial charge on any atom is -0.387 e. The average molecular weight is 537 g/mol. The van der Waals surface area contributed by atoms with E-state index in [2.05, 4.69) is 10.5 Å². The number of rotatable bonds is 8. The van der Waals surface area contributed by atoms with Crippen molar-refractivity contribution < 1.29 is 19.2 Å². The molecule has 8 heteroatoms. The number of carbonyl (C=O) groups excluding carboxylic acids is 3. The Bertz CT molecular complexity index is 1410. The molecule has 1 unspecified atom stereocenters. The highest BCUT2D eigenvalue weighted by molar-refractivity contribution is 6.03. The Kier molecular flexibility index (Phi) is 7.77. The van der Waals surface area contributed by atoms with Gasteiger partial charge < -0.3 is 20.8 Å². The first-order valence-electron chi connectivity index (χ1n) is 13.4. The number of nitrogens with two attached hydrogens (primary N) is 1. The van der Waals surface area contributed by atoms with Gasteiger partial charge in [-0.3, -0.25) is 14.4 Å². The molecule has 0 bridgehead atoms. The number of allylic oxidation sites excluding steroid dienone is 1. The second-order valence-corrected chi connectivity index (χ2v) is 10.3. The first-order chi connectivity index (χ1) is 19.4. The van der Waals surface area contributed by atoms with E-state index in [4.69, 9.17) is 10.6 Å². The van der Waals surface area contributed by atoms with E-state index in [0.29, 0.717) is 17.8 Å². The molecule has 1 saturated heterocycles. The van der Waals surface area contributed by atoms with Gasteiger partial charge in [0.1, 0.15) is 6.04 Å². The first-order valence-corrected chi connectivity index (χ1v) is 13.4. The maximum atomic E-state index is 13.2. The zero-order valence-electron chi connectivity index (χ0n) is 22.3. The topological polar surface area (TPSA) is 114 Å². The summed E-state index contributed by atoms with van der Waals surface area (Å²) in [6.07, 6.45) is 4.02. The van der Waals surface area contributed by atoms with Gasteiger partial charge in [-0.05, 0) is 36.3 Å². The summed E-state index contributed by atoms with van der Waals surface area (Å²) >= 11 is 0. The summed E-state index contributed by atoms with van der Waals surface area (Å²) in [5.41, 5.74) is 9.08. The molecule has 3 aromatic rings. The lowest BCUT2D eigenvalue weighted by molar-refractivity contribution is -0.133. The number of carbonyl (C=O) groups is 3. The molecular formula is C32H32N4O4. The predicted molar refractivity (Wildman–Crippen MR) is 154 cm³/mol. The van der Waals surface area contributed by atoms with Crippen LogP contribution >= 0.6 is 0 Å². The van der Waals surface area contributed by atoms with Crippen molar-refractivity contribution in [3.05, 3.63) is 114 Å². The van der Waals surface area contributed by atoms with Crippen molar-refractivity contribution in [1.29, 1.82) is 0 Å². The van der Waals surface area contributed by atoms with Crippen LogP contribution in [0.15, 0.2) is 102 Å². The number of nitrogens with zero attached hydrogens (tertiary/aromatic N) is 2. The lowest BCUT2D eigenvalue weighted by Gasteiger charge is -2.21. The zero-order chi connectivity index (χ0) is 28.1. The van der Waals surface area contributed by atoms with E-state index in [1.807, 2.05) is 84.9 Å². The van der Waals surface area contributed by atoms with E-state index >= 15 is 0 Å². The highest BCUT2D eigenvalue weighted by Gasteiger charge is 2.53. The molecule has 1 spiro atoms. The van der Waals surface area contributed by atoms with E-state index in [-0.39, 0.29) is 37.1 Å². The van der Waals surface area contributed by atoms with Crippen molar-refractivity contribution in [3.8, 4) is 0 Å². The number of nitrogens with one attached hydrogen (secondary N) is 1. The highest BCUT2D eigenvalue weighted by Crippen LogP contribution is 2.39. The van der Waals surface area contributed by atoms with Crippen LogP contribution in [-0.2, 0) is 19.2 Å². The minimum atomic E-state index is -0.815. The van der Waals surface area contributed by atoms with E-state index in [0.717, 1.165) is 16.7 Å². The third kappa shape index (κ3) is 5.81. The molecule has 2 aliphatic rings. The summed E-state index contributed by atoms with van der Waals surface area (Å²) in [5, 5.41) is 7.36. The summed E-state index contributed by atoms with van der Waals surface area (Å²) in [5.74, 6) is -1.03. The molecule has 0 radical (unpaired) electrons. The quantitative estimate of drug-likeness (QED) is 0.416. The molecule has 2 aliphatic heterocycles. The highest BCUT2D eigenvalue weighted by atomic mass is 16.7. The van der Waals surface area contributed by atoms with E-state index in [1.54, 1.807) is 13.0 Å². The van der Waals surface area contributed by atoms with Gasteiger partial charge in [-0.25, -0.2) is 0 Å². The largest absolute Gasteiger partial charge is 0.387 e. The van der Waals surface area contributed by atoms with Crippen LogP contribution in [0, 0.1) is 0 Å². The van der Waals surface area contributed by atoms with Gasteiger partial charge in [-0.1, -0.05) is 84.0 Å². The van der Waals surface area contributed by atoms with Gasteiger partial charge in [0.2, 0.25) is 17.7 Å². The molecule has 2 atom stereocenters. The second kappa shape index (κ2) is 11.6. The summed E-state index contributed by atoms with van der Waals surface area (Å²) in [6, 6.07) is 26.7. The standard InChI is InChI=1S/C32H32N4O4/c1-2-10-30(38)36-21-32(20-28(36)31(33)39)19-27(35-40-32)24-15-9-16-25(17-24)34-29(37)18-26(22-11-5-3-6-12-22)23-13-7-4-8-14-23/h2-17,26,28H,18-21H2,1H3,(H2,33,39)(H,34,37)/b10-2+/t28-,32?/m0/s1. The molecule has 0 aromatic heterocycles. The maximum Gasteiger partial charge on any atom is 0.247 e. The number of anilines is 1. The maximum absolute atomic E-state index is 13.2. The van der Waals surface area contributed by atoms with Gasteiger partial charge in [0.25, 0.3) is 0 Å². The molecule has 204 valence electrons. The van der Waals surface area contributed by atoms with Crippen LogP contribution in [-0.4, -0.2) is 46.5 Å². The van der Waals surface area contributed by atoms with Gasteiger partial charge in [0, 0.05) is 36.4 Å². The Hall–Kier alpha value is -4.72. The van der Waals surface area contributed by atoms with Crippen LogP contribution in [0.2, 0.25) is 0 Å². The molecule has 1 fully saturated rings. The monoisotopic (exact) mass is 536 g/mol. The Labute approximate surface area is 233 Å². The van der Waals surface area contributed by atoms with Crippen molar-refractivity contribution in [2.45, 2.75) is 43.7 Å². The van der Waals surface area contributed by atoms with Crippen LogP contribution in [0.1, 0.15) is 48.8 Å². The molecule has 5 rings (SSSR count). The Balaban J connectivity index is 1.28. The Morgan fingerprint density at radius 2 is 1.73 bits per heavy atom. The molecule has 0 aliphatic carbocycles. The number of amides is 3. The first kappa shape index (κ1) is 26.9. The molecule has 3 N–H and O–H groups in total. The Morgan fingerprint density at radius 1 is 1.05 bits per heavy atom. The normalized spacial score (nSPS) is 20.1. The molecule has 3 amide bonds. The fourth-order valence-electron chi connectivity index (χ4n) is 5.52. The van der Waals surface area contributed by atoms with Crippen molar-refractivity contribution in [2.24, 2.45) is 10.9 Å². The molecule has 40 heavy (non-hydrogen) atoms. The van der Waals surface area contributed by atoms with Crippen molar-refractivity contribution in [3.63, 3.8) is 0 Å². The number of hydrogen-bond donors (Lipinski definition) is 2. The minimum absolute atomic E-state index is 0.0770. The van der Waals surface area contributed by atoms with E-state index in [1.165, 1.54) is 11.0 Å². The van der Waals surface area contributed by atoms with Gasteiger partial charge in [-0.2, -0.15) is 0 Å². The zero-order valence-corrected chi connectivity index (χ0v) is 22.3. The summed E-state index contributed by atoms with van der Waals surface area (Å²) in [4.78, 5) is 45.2. The van der Waals surface area contributed by atoms with Crippen molar-refractivity contribution >= 4 is 29.1 Å². The Morgan fingerprint density at radius 3 is 2.35 bits per heavy atom. The molecule has 8 nitrogen and oxygen atoms in total. The lowest BCUT2D eigenvalue weighted by Crippen LogP contribution is -2.43. The summed E-state index contributed by atoms with van der Waals surface area (Å²) < 4.78 is 0. The van der Waals surface area contributed by atoms with Crippen molar-refractivity contribution in [2.75, 3.05) is 11.9 Å². The van der Waals surface area contributed by atoms with Crippen LogP contribution in [0.5, 0.6) is 0 Å². The fourth-order valence-corrected chi connectivity index (χ4v) is 5.52. The summed E-state index contributed by atoms with van der Waals surface area (Å²) in [6.45, 7) is 1.96. The van der Waals surface area contributed by atoms with Gasteiger partial charge in [0.15, 0.2) is 5.60 Å². The predicted octanol–water partition coefficient (Wildman–Crippen LogP) is 4.37. The van der Waals surface area contributed by atoms with Crippen LogP contribution in [0.3, 0.4) is 0 Å². The van der Waals surface area contributed by atoms with E-state index < -0.39 is 17.6 Å². The van der Waals surface area contributed by atoms with Gasteiger partial charge in [-0.15, -0.1) is 0 Å². The number of oxime groups is 1. The average Bonchev–Trinajstić information content (AvgIpc) is 3.57. The third-order valence-corrected chi connectivity index (χ3v) is 7.43. The molecule has 2 heterocycles. The lowest BCUT2D eigenvalue weighted by atomic mass is 9.88. The van der Waals surface area contributed by atoms with Gasteiger partial charge >= 0.3 is 0 Å². The fraction of sp³-hybridized carbons (Fsp3) is 0.250.